The predicted molar refractivity (Wildman–Crippen MR) is 223 cm³/mol. The smallest absolute Gasteiger partial charge is 0.164 e. The Labute approximate surface area is 319 Å². The van der Waals surface area contributed by atoms with Crippen molar-refractivity contribution in [2.45, 2.75) is 18.9 Å². The first-order chi connectivity index (χ1) is 27.2. The van der Waals surface area contributed by atoms with Gasteiger partial charge in [-0.2, -0.15) is 0 Å². The molecule has 0 N–H and O–H groups in total. The molecule has 0 saturated carbocycles. The molecule has 0 radical (unpaired) electrons. The normalized spacial score (nSPS) is 17.2. The molecule has 4 nitrogen and oxygen atoms in total. The second kappa shape index (κ2) is 12.9. The standard InChI is InChI=1S/C51H35N3O/c1-2-12-32(13-3-1)37-18-10-19-38(28-37)41-22-11-23-46-47(41)45-31-44(42-20-8-9-21-43(42)48(45)55-46)51-53-49(39-26-24-33-14-4-6-16-35(33)29-39)52-50(54-51)40-27-25-34-15-5-7-17-36(34)30-40/h1-10,12-22,24-31,45,48H,11,23H2. The van der Waals surface area contributed by atoms with Crippen molar-refractivity contribution in [3.05, 3.63) is 210 Å². The number of hydrogen-bond donors (Lipinski definition) is 0. The predicted octanol–water partition coefficient (Wildman–Crippen LogP) is 12.4. The van der Waals surface area contributed by atoms with Gasteiger partial charge in [0.2, 0.25) is 0 Å². The van der Waals surface area contributed by atoms with E-state index in [1.165, 1.54) is 38.6 Å². The SMILES string of the molecule is C1=C(c2cccc(-c3ccccc3)c2)C2=C(CC1)OC1c3ccccc3C(c3nc(-c4ccc5ccccc5c4)nc(-c4ccc5ccccc5c4)n3)=CC21. The zero-order chi connectivity index (χ0) is 36.3. The average Bonchev–Trinajstić information content (AvgIpc) is 3.65. The Morgan fingerprint density at radius 2 is 1.05 bits per heavy atom. The Morgan fingerprint density at radius 1 is 0.455 bits per heavy atom. The number of benzene rings is 7. The largest absolute Gasteiger partial charge is 0.489 e. The van der Waals surface area contributed by atoms with Crippen molar-refractivity contribution >= 4 is 32.7 Å². The number of aromatic nitrogens is 3. The lowest BCUT2D eigenvalue weighted by molar-refractivity contribution is 0.119. The van der Waals surface area contributed by atoms with Gasteiger partial charge in [0, 0.05) is 40.2 Å². The molecule has 0 bridgehead atoms. The third-order valence-electron chi connectivity index (χ3n) is 11.3. The lowest BCUT2D eigenvalue weighted by Gasteiger charge is -2.28. The third-order valence-corrected chi connectivity index (χ3v) is 11.3. The van der Waals surface area contributed by atoms with Gasteiger partial charge in [-0.15, -0.1) is 0 Å². The highest BCUT2D eigenvalue weighted by Crippen LogP contribution is 2.55. The number of fused-ring (bicyclic) bond motifs is 6. The molecule has 55 heavy (non-hydrogen) atoms. The van der Waals surface area contributed by atoms with Crippen LogP contribution in [-0.2, 0) is 4.74 Å². The first kappa shape index (κ1) is 31.6. The number of rotatable bonds is 5. The molecule has 1 aliphatic heterocycles. The molecule has 3 aliphatic rings. The number of hydrogen-bond acceptors (Lipinski definition) is 4. The van der Waals surface area contributed by atoms with Gasteiger partial charge >= 0.3 is 0 Å². The van der Waals surface area contributed by atoms with E-state index in [2.05, 4.69) is 176 Å². The fourth-order valence-corrected chi connectivity index (χ4v) is 8.67. The fourth-order valence-electron chi connectivity index (χ4n) is 8.67. The highest BCUT2D eigenvalue weighted by Gasteiger charge is 2.43. The Hall–Kier alpha value is -6.91. The zero-order valence-corrected chi connectivity index (χ0v) is 30.1. The second-order valence-corrected chi connectivity index (χ2v) is 14.6. The highest BCUT2D eigenvalue weighted by atomic mass is 16.5. The van der Waals surface area contributed by atoms with E-state index in [1.54, 1.807) is 0 Å². The van der Waals surface area contributed by atoms with Crippen LogP contribution in [0.4, 0.5) is 0 Å². The monoisotopic (exact) mass is 705 g/mol. The van der Waals surface area contributed by atoms with Gasteiger partial charge in [0.1, 0.15) is 11.9 Å². The van der Waals surface area contributed by atoms with Crippen LogP contribution in [0.25, 0.3) is 66.6 Å². The van der Waals surface area contributed by atoms with Gasteiger partial charge in [-0.1, -0.05) is 158 Å². The number of ether oxygens (including phenoxy) is 1. The van der Waals surface area contributed by atoms with Gasteiger partial charge < -0.3 is 4.74 Å². The molecule has 2 unspecified atom stereocenters. The molecule has 4 heteroatoms. The van der Waals surface area contributed by atoms with Gasteiger partial charge in [0.05, 0.1) is 0 Å². The molecule has 2 atom stereocenters. The summed E-state index contributed by atoms with van der Waals surface area (Å²) in [5.41, 5.74) is 11.3. The fraction of sp³-hybridized carbons (Fsp3) is 0.0784. The molecule has 0 saturated heterocycles. The Kier molecular flexibility index (Phi) is 7.41. The summed E-state index contributed by atoms with van der Waals surface area (Å²) < 4.78 is 6.96. The first-order valence-electron chi connectivity index (χ1n) is 19.1. The quantitative estimate of drug-likeness (QED) is 0.179. The van der Waals surface area contributed by atoms with Crippen molar-refractivity contribution < 1.29 is 4.74 Å². The van der Waals surface area contributed by atoms with Crippen molar-refractivity contribution in [3.8, 4) is 33.9 Å². The highest BCUT2D eigenvalue weighted by molar-refractivity contribution is 5.91. The molecule has 260 valence electrons. The van der Waals surface area contributed by atoms with Crippen molar-refractivity contribution in [2.75, 3.05) is 0 Å². The minimum Gasteiger partial charge on any atom is -0.489 e. The van der Waals surface area contributed by atoms with Crippen LogP contribution in [-0.4, -0.2) is 15.0 Å². The summed E-state index contributed by atoms with van der Waals surface area (Å²) in [5.74, 6) is 3.05. The van der Waals surface area contributed by atoms with E-state index in [9.17, 15) is 0 Å². The third kappa shape index (κ3) is 5.49. The Bertz CT molecular complexity index is 2820. The molecular weight excluding hydrogens is 671 g/mol. The van der Waals surface area contributed by atoms with E-state index in [0.717, 1.165) is 57.2 Å². The Morgan fingerprint density at radius 3 is 1.78 bits per heavy atom. The van der Waals surface area contributed by atoms with E-state index in [1.807, 2.05) is 0 Å². The van der Waals surface area contributed by atoms with Crippen LogP contribution in [0.2, 0.25) is 0 Å². The van der Waals surface area contributed by atoms with E-state index in [-0.39, 0.29) is 12.0 Å². The maximum atomic E-state index is 6.96. The molecule has 7 aromatic carbocycles. The van der Waals surface area contributed by atoms with Crippen LogP contribution in [0, 0.1) is 5.92 Å². The van der Waals surface area contributed by atoms with E-state index >= 15 is 0 Å². The minimum absolute atomic E-state index is 0.00293. The van der Waals surface area contributed by atoms with Gasteiger partial charge in [0.25, 0.3) is 0 Å². The summed E-state index contributed by atoms with van der Waals surface area (Å²) in [6.45, 7) is 0. The number of nitrogens with zero attached hydrogens (tertiary/aromatic N) is 3. The van der Waals surface area contributed by atoms with E-state index < -0.39 is 0 Å². The van der Waals surface area contributed by atoms with Crippen LogP contribution in [0.5, 0.6) is 0 Å². The zero-order valence-electron chi connectivity index (χ0n) is 30.1. The maximum absolute atomic E-state index is 6.96. The first-order valence-corrected chi connectivity index (χ1v) is 19.1. The average molecular weight is 706 g/mol. The van der Waals surface area contributed by atoms with Crippen LogP contribution in [0.1, 0.15) is 41.5 Å². The number of allylic oxidation sites excluding steroid dienone is 3. The molecule has 8 aromatic rings. The lowest BCUT2D eigenvalue weighted by atomic mass is 9.75. The summed E-state index contributed by atoms with van der Waals surface area (Å²) in [7, 11) is 0. The summed E-state index contributed by atoms with van der Waals surface area (Å²) in [6.07, 6.45) is 6.49. The molecular formula is C51H35N3O. The summed E-state index contributed by atoms with van der Waals surface area (Å²) >= 11 is 0. The Balaban J connectivity index is 1.08. The second-order valence-electron chi connectivity index (χ2n) is 14.6. The topological polar surface area (TPSA) is 47.9 Å². The summed E-state index contributed by atoms with van der Waals surface area (Å²) in [5, 5.41) is 4.66. The molecule has 2 heterocycles. The van der Waals surface area contributed by atoms with Gasteiger partial charge in [-0.3, -0.25) is 0 Å². The van der Waals surface area contributed by atoms with Gasteiger partial charge in [-0.25, -0.2) is 15.0 Å². The minimum atomic E-state index is -0.120. The maximum Gasteiger partial charge on any atom is 0.164 e. The molecule has 1 aromatic heterocycles. The summed E-state index contributed by atoms with van der Waals surface area (Å²) in [4.78, 5) is 15.8. The molecule has 0 amide bonds. The molecule has 0 spiro atoms. The van der Waals surface area contributed by atoms with Crippen molar-refractivity contribution in [1.82, 2.24) is 15.0 Å². The van der Waals surface area contributed by atoms with Crippen molar-refractivity contribution in [2.24, 2.45) is 5.92 Å². The van der Waals surface area contributed by atoms with Crippen LogP contribution in [0.3, 0.4) is 0 Å². The van der Waals surface area contributed by atoms with Crippen molar-refractivity contribution in [1.29, 1.82) is 0 Å². The molecule has 11 rings (SSSR count). The lowest BCUT2D eigenvalue weighted by Crippen LogP contribution is -2.18. The van der Waals surface area contributed by atoms with Gasteiger partial charge in [-0.05, 0) is 74.0 Å². The van der Waals surface area contributed by atoms with E-state index in [0.29, 0.717) is 17.5 Å². The van der Waals surface area contributed by atoms with Crippen molar-refractivity contribution in [3.63, 3.8) is 0 Å². The van der Waals surface area contributed by atoms with Crippen LogP contribution in [0.15, 0.2) is 187 Å². The van der Waals surface area contributed by atoms with Crippen LogP contribution >= 0.6 is 0 Å². The van der Waals surface area contributed by atoms with Crippen LogP contribution < -0.4 is 0 Å². The van der Waals surface area contributed by atoms with E-state index in [4.69, 9.17) is 19.7 Å². The summed E-state index contributed by atoms with van der Waals surface area (Å²) in [6, 6.07) is 57.9. The molecule has 0 fully saturated rings. The van der Waals surface area contributed by atoms with Gasteiger partial charge in [0.15, 0.2) is 17.5 Å². The molecule has 2 aliphatic carbocycles.